The Bertz CT molecular complexity index is 783. The van der Waals surface area contributed by atoms with E-state index in [0.29, 0.717) is 19.6 Å². The van der Waals surface area contributed by atoms with Crippen LogP contribution in [0.15, 0.2) is 42.5 Å². The normalized spacial score (nSPS) is 11.2. The van der Waals surface area contributed by atoms with Gasteiger partial charge in [0, 0.05) is 31.7 Å². The van der Waals surface area contributed by atoms with E-state index in [4.69, 9.17) is 0 Å². The summed E-state index contributed by atoms with van der Waals surface area (Å²) in [5.41, 5.74) is 0.981. The molecule has 0 aliphatic rings. The van der Waals surface area contributed by atoms with Crippen LogP contribution in [0.5, 0.6) is 0 Å². The molecule has 2 aromatic carbocycles. The zero-order valence-corrected chi connectivity index (χ0v) is 21.6. The largest absolute Gasteiger partial charge is 0.416 e. The van der Waals surface area contributed by atoms with Crippen molar-refractivity contribution < 1.29 is 17.6 Å². The summed E-state index contributed by atoms with van der Waals surface area (Å²) in [6, 6.07) is 11.1. The SMILES string of the molecule is CC.CC(C)C.CCc1cccc(CN(CCN(C)C)Cc2c(F)cccc2C(F)(F)F)c1. The molecule has 0 spiro atoms. The Labute approximate surface area is 198 Å². The van der Waals surface area contributed by atoms with Gasteiger partial charge in [0.25, 0.3) is 0 Å². The number of aryl methyl sites for hydroxylation is 1. The van der Waals surface area contributed by atoms with Gasteiger partial charge in [-0.3, -0.25) is 4.90 Å². The number of halogens is 4. The van der Waals surface area contributed by atoms with E-state index in [9.17, 15) is 17.6 Å². The van der Waals surface area contributed by atoms with Crippen molar-refractivity contribution in [2.45, 2.75) is 67.2 Å². The zero-order chi connectivity index (χ0) is 25.6. The lowest BCUT2D eigenvalue weighted by molar-refractivity contribution is -0.138. The Kier molecular flexibility index (Phi) is 14.9. The van der Waals surface area contributed by atoms with E-state index in [1.54, 1.807) is 0 Å². The summed E-state index contributed by atoms with van der Waals surface area (Å²) in [7, 11) is 3.81. The Morgan fingerprint density at radius 3 is 1.91 bits per heavy atom. The Morgan fingerprint density at radius 2 is 1.39 bits per heavy atom. The van der Waals surface area contributed by atoms with Gasteiger partial charge in [-0.15, -0.1) is 0 Å². The number of hydrogen-bond acceptors (Lipinski definition) is 2. The highest BCUT2D eigenvalue weighted by molar-refractivity contribution is 5.31. The molecule has 2 aromatic rings. The van der Waals surface area contributed by atoms with Gasteiger partial charge in [-0.25, -0.2) is 4.39 Å². The van der Waals surface area contributed by atoms with Gasteiger partial charge in [0.05, 0.1) is 5.56 Å². The quantitative estimate of drug-likeness (QED) is 0.365. The van der Waals surface area contributed by atoms with Gasteiger partial charge in [-0.1, -0.05) is 71.9 Å². The highest BCUT2D eigenvalue weighted by Gasteiger charge is 2.34. The van der Waals surface area contributed by atoms with E-state index in [-0.39, 0.29) is 12.1 Å². The monoisotopic (exact) mass is 470 g/mol. The van der Waals surface area contributed by atoms with Crippen molar-refractivity contribution >= 4 is 0 Å². The molecule has 0 fully saturated rings. The summed E-state index contributed by atoms with van der Waals surface area (Å²) >= 11 is 0. The molecule has 0 heterocycles. The average molecular weight is 471 g/mol. The Hall–Kier alpha value is -1.92. The van der Waals surface area contributed by atoms with Gasteiger partial charge in [0.2, 0.25) is 0 Å². The van der Waals surface area contributed by atoms with Crippen molar-refractivity contribution in [1.29, 1.82) is 0 Å². The van der Waals surface area contributed by atoms with E-state index < -0.39 is 17.6 Å². The summed E-state index contributed by atoms with van der Waals surface area (Å²) in [6.07, 6.45) is -3.69. The maximum absolute atomic E-state index is 14.3. The van der Waals surface area contributed by atoms with Crippen molar-refractivity contribution in [3.05, 3.63) is 70.5 Å². The molecule has 0 saturated carbocycles. The molecule has 6 heteroatoms. The number of hydrogen-bond donors (Lipinski definition) is 0. The summed E-state index contributed by atoms with van der Waals surface area (Å²) < 4.78 is 54.2. The molecule has 2 rings (SSSR count). The van der Waals surface area contributed by atoms with Crippen molar-refractivity contribution in [3.63, 3.8) is 0 Å². The molecular weight excluding hydrogens is 428 g/mol. The second-order valence-corrected chi connectivity index (χ2v) is 8.68. The lowest BCUT2D eigenvalue weighted by atomic mass is 10.0. The van der Waals surface area contributed by atoms with Gasteiger partial charge >= 0.3 is 6.18 Å². The fourth-order valence-corrected chi connectivity index (χ4v) is 2.97. The van der Waals surface area contributed by atoms with Crippen LogP contribution >= 0.6 is 0 Å². The zero-order valence-electron chi connectivity index (χ0n) is 21.6. The molecule has 0 N–H and O–H groups in total. The minimum absolute atomic E-state index is 0.0916. The lowest BCUT2D eigenvalue weighted by Gasteiger charge is -2.26. The molecular formula is C27H42F4N2. The van der Waals surface area contributed by atoms with Crippen LogP contribution in [0.3, 0.4) is 0 Å². The van der Waals surface area contributed by atoms with Crippen molar-refractivity contribution in [2.75, 3.05) is 27.2 Å². The van der Waals surface area contributed by atoms with E-state index in [1.807, 2.05) is 55.9 Å². The van der Waals surface area contributed by atoms with Crippen molar-refractivity contribution in [3.8, 4) is 0 Å². The first kappa shape index (κ1) is 31.1. The summed E-state index contributed by atoms with van der Waals surface area (Å²) in [6.45, 7) is 14.1. The van der Waals surface area contributed by atoms with Crippen molar-refractivity contribution in [1.82, 2.24) is 9.80 Å². The molecule has 0 radical (unpaired) electrons. The summed E-state index contributed by atoms with van der Waals surface area (Å²) in [4.78, 5) is 3.82. The fraction of sp³-hybridized carbons (Fsp3) is 0.556. The molecule has 0 atom stereocenters. The van der Waals surface area contributed by atoms with Crippen LogP contribution in [0.1, 0.15) is 63.8 Å². The second-order valence-electron chi connectivity index (χ2n) is 8.68. The van der Waals surface area contributed by atoms with Crippen LogP contribution < -0.4 is 0 Å². The molecule has 0 amide bonds. The fourth-order valence-electron chi connectivity index (χ4n) is 2.97. The Balaban J connectivity index is 0.00000154. The highest BCUT2D eigenvalue weighted by Crippen LogP contribution is 2.33. The number of likely N-dealkylation sites (N-methyl/N-ethyl adjacent to an activating group) is 1. The van der Waals surface area contributed by atoms with Crippen LogP contribution in [0.2, 0.25) is 0 Å². The number of alkyl halides is 3. The maximum atomic E-state index is 14.3. The topological polar surface area (TPSA) is 6.48 Å². The highest BCUT2D eigenvalue weighted by atomic mass is 19.4. The smallest absolute Gasteiger partial charge is 0.308 e. The van der Waals surface area contributed by atoms with Gasteiger partial charge in [-0.2, -0.15) is 13.2 Å². The van der Waals surface area contributed by atoms with E-state index in [1.165, 1.54) is 5.56 Å². The third-order valence-electron chi connectivity index (χ3n) is 4.48. The lowest BCUT2D eigenvalue weighted by Crippen LogP contribution is -2.32. The minimum Gasteiger partial charge on any atom is -0.308 e. The molecule has 0 bridgehead atoms. The van der Waals surface area contributed by atoms with Crippen LogP contribution in [0.4, 0.5) is 17.6 Å². The first-order valence-corrected chi connectivity index (χ1v) is 11.7. The van der Waals surface area contributed by atoms with E-state index in [0.717, 1.165) is 36.1 Å². The second kappa shape index (κ2) is 15.8. The molecule has 0 saturated heterocycles. The van der Waals surface area contributed by atoms with Gasteiger partial charge in [0.15, 0.2) is 0 Å². The molecule has 0 aliphatic heterocycles. The van der Waals surface area contributed by atoms with Gasteiger partial charge in [0.1, 0.15) is 5.82 Å². The summed E-state index contributed by atoms with van der Waals surface area (Å²) in [5, 5.41) is 0. The predicted molar refractivity (Wildman–Crippen MR) is 132 cm³/mol. The van der Waals surface area contributed by atoms with Crippen molar-refractivity contribution in [2.24, 2.45) is 5.92 Å². The average Bonchev–Trinajstić information content (AvgIpc) is 2.73. The standard InChI is InChI=1S/C21H26F4N2.C4H10.C2H6/c1-4-16-7-5-8-17(13-16)14-27(12-11-26(2)3)15-18-19(21(23,24)25)9-6-10-20(18)22;1-4(2)3;1-2/h5-10,13H,4,11-12,14-15H2,1-3H3;4H,1-3H3;1-2H3. The number of rotatable bonds is 8. The van der Waals surface area contributed by atoms with Gasteiger partial charge < -0.3 is 4.90 Å². The number of benzene rings is 2. The minimum atomic E-state index is -4.58. The molecule has 0 unspecified atom stereocenters. The third-order valence-corrected chi connectivity index (χ3v) is 4.48. The predicted octanol–water partition coefficient (Wildman–Crippen LogP) is 7.66. The van der Waals surface area contributed by atoms with Crippen LogP contribution in [0.25, 0.3) is 0 Å². The van der Waals surface area contributed by atoms with E-state index in [2.05, 4.69) is 33.8 Å². The van der Waals surface area contributed by atoms with Crippen LogP contribution in [-0.2, 0) is 25.7 Å². The maximum Gasteiger partial charge on any atom is 0.416 e. The molecule has 0 aliphatic carbocycles. The third kappa shape index (κ3) is 12.8. The number of nitrogens with zero attached hydrogens (tertiary/aromatic N) is 2. The molecule has 2 nitrogen and oxygen atoms in total. The van der Waals surface area contributed by atoms with Crippen LogP contribution in [-0.4, -0.2) is 37.0 Å². The molecule has 33 heavy (non-hydrogen) atoms. The summed E-state index contributed by atoms with van der Waals surface area (Å²) in [5.74, 6) is 0.0157. The first-order chi connectivity index (χ1) is 15.4. The molecule has 188 valence electrons. The molecule has 0 aromatic heterocycles. The Morgan fingerprint density at radius 1 is 0.848 bits per heavy atom. The first-order valence-electron chi connectivity index (χ1n) is 11.7. The van der Waals surface area contributed by atoms with Crippen LogP contribution in [0, 0.1) is 11.7 Å². The van der Waals surface area contributed by atoms with Gasteiger partial charge in [-0.05, 0) is 49.7 Å². The van der Waals surface area contributed by atoms with E-state index >= 15 is 0 Å².